The Kier molecular flexibility index (Phi) is 4.90. The summed E-state index contributed by atoms with van der Waals surface area (Å²) < 4.78 is 55.8. The first-order valence-corrected chi connectivity index (χ1v) is 6.74. The molecule has 2 N–H and O–H groups in total. The van der Waals surface area contributed by atoms with E-state index < -0.39 is 29.9 Å². The van der Waals surface area contributed by atoms with E-state index in [1.54, 1.807) is 6.07 Å². The number of nitrogens with one attached hydrogen (secondary N) is 2. The number of rotatable bonds is 3. The highest BCUT2D eigenvalue weighted by atomic mass is 19.4. The van der Waals surface area contributed by atoms with Gasteiger partial charge in [0.2, 0.25) is 0 Å². The summed E-state index contributed by atoms with van der Waals surface area (Å²) in [6, 6.07) is 3.51. The molecule has 4 nitrogen and oxygen atoms in total. The lowest BCUT2D eigenvalue weighted by Gasteiger charge is -2.33. The van der Waals surface area contributed by atoms with Crippen LogP contribution in [0.25, 0.3) is 0 Å². The number of amides is 1. The third-order valence-corrected chi connectivity index (χ3v) is 3.66. The highest BCUT2D eigenvalue weighted by Crippen LogP contribution is 2.29. The monoisotopic (exact) mass is 320 g/mol. The molecule has 0 aromatic heterocycles. The number of carbonyl (C=O) groups excluding carboxylic acids is 1. The fourth-order valence-electron chi connectivity index (χ4n) is 2.57. The molecule has 1 aliphatic rings. The summed E-state index contributed by atoms with van der Waals surface area (Å²) in [6.45, 7) is 0.775. The number of benzene rings is 1. The Bertz CT molecular complexity index is 548. The van der Waals surface area contributed by atoms with Gasteiger partial charge in [0.15, 0.2) is 11.6 Å². The molecule has 22 heavy (non-hydrogen) atoms. The SMILES string of the molecule is COc1ccc([C@@H]2CCNC[C@@H]2NC(=O)C(F)(F)F)cc1F. The summed E-state index contributed by atoms with van der Waals surface area (Å²) in [5, 5.41) is 4.90. The van der Waals surface area contributed by atoms with Crippen LogP contribution in [0.1, 0.15) is 17.9 Å². The Labute approximate surface area is 124 Å². The Morgan fingerprint density at radius 1 is 1.41 bits per heavy atom. The molecule has 0 radical (unpaired) electrons. The van der Waals surface area contributed by atoms with Crippen molar-refractivity contribution in [2.45, 2.75) is 24.6 Å². The van der Waals surface area contributed by atoms with Crippen LogP contribution in [0.5, 0.6) is 5.75 Å². The molecule has 0 unspecified atom stereocenters. The lowest BCUT2D eigenvalue weighted by molar-refractivity contribution is -0.174. The minimum absolute atomic E-state index is 0.0635. The van der Waals surface area contributed by atoms with Gasteiger partial charge in [-0.3, -0.25) is 4.79 Å². The Morgan fingerprint density at radius 2 is 2.14 bits per heavy atom. The molecule has 0 bridgehead atoms. The zero-order chi connectivity index (χ0) is 16.3. The molecule has 1 fully saturated rings. The minimum atomic E-state index is -4.94. The molecule has 0 spiro atoms. The van der Waals surface area contributed by atoms with Gasteiger partial charge in [0, 0.05) is 18.5 Å². The summed E-state index contributed by atoms with van der Waals surface area (Å²) in [4.78, 5) is 11.1. The van der Waals surface area contributed by atoms with Crippen LogP contribution in [0.4, 0.5) is 17.6 Å². The molecule has 1 aromatic carbocycles. The third kappa shape index (κ3) is 3.68. The Balaban J connectivity index is 2.19. The second kappa shape index (κ2) is 6.51. The van der Waals surface area contributed by atoms with Crippen LogP contribution in [0.3, 0.4) is 0 Å². The van der Waals surface area contributed by atoms with Gasteiger partial charge in [-0.25, -0.2) is 4.39 Å². The van der Waals surface area contributed by atoms with E-state index in [1.165, 1.54) is 19.2 Å². The van der Waals surface area contributed by atoms with Gasteiger partial charge < -0.3 is 15.4 Å². The number of hydrogen-bond acceptors (Lipinski definition) is 3. The van der Waals surface area contributed by atoms with Crippen molar-refractivity contribution in [3.05, 3.63) is 29.6 Å². The summed E-state index contributed by atoms with van der Waals surface area (Å²) >= 11 is 0. The molecule has 2 atom stereocenters. The molecule has 1 amide bonds. The maximum Gasteiger partial charge on any atom is 0.471 e. The normalized spacial score (nSPS) is 22.2. The van der Waals surface area contributed by atoms with Crippen LogP contribution in [-0.2, 0) is 4.79 Å². The van der Waals surface area contributed by atoms with Crippen LogP contribution in [-0.4, -0.2) is 38.3 Å². The van der Waals surface area contributed by atoms with Crippen molar-refractivity contribution in [2.75, 3.05) is 20.2 Å². The van der Waals surface area contributed by atoms with Crippen LogP contribution < -0.4 is 15.4 Å². The molecule has 1 aliphatic heterocycles. The van der Waals surface area contributed by atoms with Gasteiger partial charge in [-0.05, 0) is 30.7 Å². The van der Waals surface area contributed by atoms with E-state index in [0.717, 1.165) is 0 Å². The first kappa shape index (κ1) is 16.5. The number of piperidine rings is 1. The quantitative estimate of drug-likeness (QED) is 0.837. The molecule has 8 heteroatoms. The van der Waals surface area contributed by atoms with Gasteiger partial charge in [0.1, 0.15) is 0 Å². The van der Waals surface area contributed by atoms with Gasteiger partial charge in [-0.1, -0.05) is 6.07 Å². The van der Waals surface area contributed by atoms with E-state index in [4.69, 9.17) is 4.74 Å². The van der Waals surface area contributed by atoms with Gasteiger partial charge in [0.25, 0.3) is 0 Å². The zero-order valence-electron chi connectivity index (χ0n) is 11.8. The van der Waals surface area contributed by atoms with Crippen LogP contribution in [0.2, 0.25) is 0 Å². The summed E-state index contributed by atoms with van der Waals surface area (Å²) in [7, 11) is 1.33. The molecule has 122 valence electrons. The second-order valence-corrected chi connectivity index (χ2v) is 5.07. The predicted molar refractivity (Wildman–Crippen MR) is 71.2 cm³/mol. The Hall–Kier alpha value is -1.83. The first-order chi connectivity index (χ1) is 10.3. The highest BCUT2D eigenvalue weighted by molar-refractivity contribution is 5.82. The number of carbonyl (C=O) groups is 1. The predicted octanol–water partition coefficient (Wildman–Crippen LogP) is 1.96. The lowest BCUT2D eigenvalue weighted by atomic mass is 9.86. The second-order valence-electron chi connectivity index (χ2n) is 5.07. The maximum absolute atomic E-state index is 13.8. The van der Waals surface area contributed by atoms with Crippen molar-refractivity contribution in [3.8, 4) is 5.75 Å². The number of halogens is 4. The lowest BCUT2D eigenvalue weighted by Crippen LogP contribution is -2.53. The van der Waals surface area contributed by atoms with Crippen LogP contribution in [0.15, 0.2) is 18.2 Å². The van der Waals surface area contributed by atoms with Crippen molar-refractivity contribution in [2.24, 2.45) is 0 Å². The average molecular weight is 320 g/mol. The van der Waals surface area contributed by atoms with Crippen LogP contribution >= 0.6 is 0 Å². The number of ether oxygens (including phenoxy) is 1. The van der Waals surface area contributed by atoms with Gasteiger partial charge in [-0.2, -0.15) is 13.2 Å². The molecule has 1 heterocycles. The number of methoxy groups -OCH3 is 1. The molecular weight excluding hydrogens is 304 g/mol. The maximum atomic E-state index is 13.8. The van der Waals surface area contributed by atoms with E-state index in [1.807, 2.05) is 5.32 Å². The molecule has 0 saturated carbocycles. The minimum Gasteiger partial charge on any atom is -0.494 e. The standard InChI is InChI=1S/C14H16F4N2O2/c1-22-12-3-2-8(6-10(12)15)9-4-5-19-7-11(9)20-13(21)14(16,17)18/h2-3,6,9,11,19H,4-5,7H2,1H3,(H,20,21)/t9-,11-/m0/s1. The van der Waals surface area contributed by atoms with E-state index in [-0.39, 0.29) is 12.3 Å². The highest BCUT2D eigenvalue weighted by Gasteiger charge is 2.41. The Morgan fingerprint density at radius 3 is 2.73 bits per heavy atom. The fraction of sp³-hybridized carbons (Fsp3) is 0.500. The first-order valence-electron chi connectivity index (χ1n) is 6.74. The van der Waals surface area contributed by atoms with Crippen molar-refractivity contribution < 1.29 is 27.1 Å². The van der Waals surface area contributed by atoms with Crippen molar-refractivity contribution >= 4 is 5.91 Å². The molecular formula is C14H16F4N2O2. The van der Waals surface area contributed by atoms with Gasteiger partial charge in [0.05, 0.1) is 7.11 Å². The summed E-state index contributed by atoms with van der Waals surface area (Å²) in [5.41, 5.74) is 0.535. The van der Waals surface area contributed by atoms with Gasteiger partial charge in [-0.15, -0.1) is 0 Å². The van der Waals surface area contributed by atoms with Crippen LogP contribution in [0, 0.1) is 5.82 Å². The van der Waals surface area contributed by atoms with Crippen molar-refractivity contribution in [1.29, 1.82) is 0 Å². The van der Waals surface area contributed by atoms with E-state index in [9.17, 15) is 22.4 Å². The smallest absolute Gasteiger partial charge is 0.471 e. The van der Waals surface area contributed by atoms with E-state index in [0.29, 0.717) is 18.5 Å². The number of hydrogen-bond donors (Lipinski definition) is 2. The fourth-order valence-corrected chi connectivity index (χ4v) is 2.57. The van der Waals surface area contributed by atoms with Gasteiger partial charge >= 0.3 is 12.1 Å². The van der Waals surface area contributed by atoms with Crippen molar-refractivity contribution in [1.82, 2.24) is 10.6 Å². The van der Waals surface area contributed by atoms with E-state index in [2.05, 4.69) is 5.32 Å². The largest absolute Gasteiger partial charge is 0.494 e. The summed E-state index contributed by atoms with van der Waals surface area (Å²) in [6.07, 6.45) is -4.44. The third-order valence-electron chi connectivity index (χ3n) is 3.66. The molecule has 0 aliphatic carbocycles. The molecule has 1 saturated heterocycles. The number of alkyl halides is 3. The van der Waals surface area contributed by atoms with E-state index >= 15 is 0 Å². The molecule has 1 aromatic rings. The summed E-state index contributed by atoms with van der Waals surface area (Å²) in [5.74, 6) is -2.90. The zero-order valence-corrected chi connectivity index (χ0v) is 11.8. The molecule has 2 rings (SSSR count). The topological polar surface area (TPSA) is 50.4 Å². The average Bonchev–Trinajstić information content (AvgIpc) is 2.46. The van der Waals surface area contributed by atoms with Crippen molar-refractivity contribution in [3.63, 3.8) is 0 Å².